The number of carbonyl (C=O) groups is 1. The molecule has 0 unspecified atom stereocenters. The van der Waals surface area contributed by atoms with Crippen LogP contribution in [0.2, 0.25) is 0 Å². The van der Waals surface area contributed by atoms with Crippen molar-refractivity contribution in [2.45, 2.75) is 25.3 Å². The first-order valence-electron chi connectivity index (χ1n) is 10.6. The van der Waals surface area contributed by atoms with E-state index in [2.05, 4.69) is 4.18 Å². The van der Waals surface area contributed by atoms with Crippen LogP contribution in [0.25, 0.3) is 21.8 Å². The molecule has 10 heteroatoms. The fraction of sp³-hybridized carbons (Fsp3) is 0.200. The summed E-state index contributed by atoms with van der Waals surface area (Å²) >= 11 is 0. The van der Waals surface area contributed by atoms with Gasteiger partial charge < -0.3 is 8.92 Å². The average molecular weight is 505 g/mol. The number of benzene rings is 3. The van der Waals surface area contributed by atoms with E-state index in [1.165, 1.54) is 6.07 Å². The molecule has 0 saturated heterocycles. The zero-order valence-electron chi connectivity index (χ0n) is 19.0. The van der Waals surface area contributed by atoms with Gasteiger partial charge in [0.2, 0.25) is 11.0 Å². The predicted octanol–water partition coefficient (Wildman–Crippen LogP) is 5.39. The van der Waals surface area contributed by atoms with Gasteiger partial charge >= 0.3 is 21.6 Å². The number of alkyl halides is 3. The number of aromatic nitrogens is 1. The molecule has 0 amide bonds. The molecule has 0 aliphatic carbocycles. The smallest absolute Gasteiger partial charge is 0.423 e. The Kier molecular flexibility index (Phi) is 6.18. The van der Waals surface area contributed by atoms with Crippen molar-refractivity contribution in [3.63, 3.8) is 0 Å². The summed E-state index contributed by atoms with van der Waals surface area (Å²) < 4.78 is 74.9. The fourth-order valence-electron chi connectivity index (χ4n) is 3.94. The molecular formula is C25H21F3NO5S+. The van der Waals surface area contributed by atoms with Crippen LogP contribution in [0, 0.1) is 0 Å². The van der Waals surface area contributed by atoms with Crippen molar-refractivity contribution in [1.29, 1.82) is 0 Å². The van der Waals surface area contributed by atoms with Gasteiger partial charge in [0.15, 0.2) is 5.75 Å². The summed E-state index contributed by atoms with van der Waals surface area (Å²) in [5, 5.41) is 0.239. The number of fused-ring (bicyclic) bond motifs is 2. The highest BCUT2D eigenvalue weighted by atomic mass is 32.2. The Balaban J connectivity index is 2.01. The van der Waals surface area contributed by atoms with Crippen molar-refractivity contribution >= 4 is 37.9 Å². The van der Waals surface area contributed by atoms with E-state index in [-0.39, 0.29) is 22.4 Å². The standard InChI is InChI=1S/C25H21F3NO5S/c1-15(2)16-9-5-7-13-20(16)33-24(30)22-17-10-4-6-11-18(17)29(3)19-12-8-14-21(23(19)22)34-35(31,32)25(26,27)28/h4-15H,1-3H3/q+1. The van der Waals surface area contributed by atoms with Crippen molar-refractivity contribution in [1.82, 2.24) is 0 Å². The van der Waals surface area contributed by atoms with Gasteiger partial charge in [0.25, 0.3) is 0 Å². The predicted molar refractivity (Wildman–Crippen MR) is 124 cm³/mol. The second-order valence-corrected chi connectivity index (χ2v) is 9.70. The van der Waals surface area contributed by atoms with Crippen molar-refractivity contribution in [3.8, 4) is 11.5 Å². The number of aryl methyl sites for hydroxylation is 1. The molecule has 3 aromatic carbocycles. The molecule has 4 rings (SSSR count). The Labute approximate surface area is 199 Å². The number of para-hydroxylation sites is 2. The van der Waals surface area contributed by atoms with Crippen molar-refractivity contribution in [2.24, 2.45) is 7.05 Å². The van der Waals surface area contributed by atoms with E-state index in [0.29, 0.717) is 16.7 Å². The van der Waals surface area contributed by atoms with E-state index < -0.39 is 27.3 Å². The second-order valence-electron chi connectivity index (χ2n) is 8.17. The Morgan fingerprint density at radius 3 is 2.17 bits per heavy atom. The molecule has 4 aromatic rings. The zero-order chi connectivity index (χ0) is 25.5. The Morgan fingerprint density at radius 2 is 1.49 bits per heavy atom. The summed E-state index contributed by atoms with van der Waals surface area (Å²) in [6.45, 7) is 3.85. The molecule has 1 aromatic heterocycles. The Morgan fingerprint density at radius 1 is 0.886 bits per heavy atom. The van der Waals surface area contributed by atoms with E-state index in [1.807, 2.05) is 13.8 Å². The van der Waals surface area contributed by atoms with Gasteiger partial charge in [0.1, 0.15) is 18.2 Å². The number of ether oxygens (including phenoxy) is 1. The van der Waals surface area contributed by atoms with E-state index in [1.54, 1.807) is 66.2 Å². The van der Waals surface area contributed by atoms with E-state index >= 15 is 0 Å². The molecule has 0 radical (unpaired) electrons. The van der Waals surface area contributed by atoms with Crippen molar-refractivity contribution < 1.29 is 39.9 Å². The van der Waals surface area contributed by atoms with Crippen LogP contribution in [-0.2, 0) is 17.2 Å². The highest BCUT2D eigenvalue weighted by molar-refractivity contribution is 7.88. The molecule has 0 aliphatic rings. The lowest BCUT2D eigenvalue weighted by Gasteiger charge is -2.16. The van der Waals surface area contributed by atoms with Gasteiger partial charge in [-0.25, -0.2) is 4.79 Å². The quantitative estimate of drug-likeness (QED) is 0.0910. The molecule has 0 bridgehead atoms. The van der Waals surface area contributed by atoms with Gasteiger partial charge in [-0.15, -0.1) is 0 Å². The molecule has 0 spiro atoms. The minimum Gasteiger partial charge on any atom is -0.423 e. The van der Waals surface area contributed by atoms with Gasteiger partial charge in [-0.2, -0.15) is 26.2 Å². The number of carbonyl (C=O) groups excluding carboxylic acids is 1. The van der Waals surface area contributed by atoms with E-state index in [4.69, 9.17) is 4.74 Å². The summed E-state index contributed by atoms with van der Waals surface area (Å²) in [6, 6.07) is 17.6. The minimum absolute atomic E-state index is 0.0249. The Hall–Kier alpha value is -3.66. The molecule has 6 nitrogen and oxygen atoms in total. The first-order chi connectivity index (χ1) is 16.4. The van der Waals surface area contributed by atoms with Crippen LogP contribution in [0.15, 0.2) is 66.7 Å². The third kappa shape index (κ3) is 4.41. The van der Waals surface area contributed by atoms with Crippen molar-refractivity contribution in [2.75, 3.05) is 0 Å². The number of hydrogen-bond acceptors (Lipinski definition) is 5. The number of esters is 1. The topological polar surface area (TPSA) is 73.5 Å². The highest BCUT2D eigenvalue weighted by Crippen LogP contribution is 2.36. The largest absolute Gasteiger partial charge is 0.534 e. The van der Waals surface area contributed by atoms with Crippen LogP contribution >= 0.6 is 0 Å². The average Bonchev–Trinajstić information content (AvgIpc) is 2.79. The number of nitrogens with zero attached hydrogens (tertiary/aromatic N) is 1. The lowest BCUT2D eigenvalue weighted by Crippen LogP contribution is -2.32. The van der Waals surface area contributed by atoms with Crippen LogP contribution in [0.5, 0.6) is 11.5 Å². The zero-order valence-corrected chi connectivity index (χ0v) is 19.8. The van der Waals surface area contributed by atoms with Gasteiger partial charge in [-0.3, -0.25) is 0 Å². The summed E-state index contributed by atoms with van der Waals surface area (Å²) in [5.74, 6) is -1.18. The fourth-order valence-corrected chi connectivity index (χ4v) is 4.41. The molecule has 0 atom stereocenters. The number of hydrogen-bond donors (Lipinski definition) is 0. The number of rotatable bonds is 5. The third-order valence-corrected chi connectivity index (χ3v) is 6.55. The van der Waals surface area contributed by atoms with E-state index in [9.17, 15) is 26.4 Å². The maximum atomic E-state index is 13.6. The van der Waals surface area contributed by atoms with Crippen LogP contribution < -0.4 is 13.5 Å². The van der Waals surface area contributed by atoms with Gasteiger partial charge in [-0.1, -0.05) is 50.2 Å². The molecule has 0 N–H and O–H groups in total. The molecule has 1 heterocycles. The first kappa shape index (κ1) is 24.5. The Bertz CT molecular complexity index is 1560. The molecular weight excluding hydrogens is 483 g/mol. The van der Waals surface area contributed by atoms with Crippen LogP contribution in [0.4, 0.5) is 13.2 Å². The number of halogens is 3. The number of pyridine rings is 1. The van der Waals surface area contributed by atoms with Crippen LogP contribution in [0.3, 0.4) is 0 Å². The summed E-state index contributed by atoms with van der Waals surface area (Å²) in [4.78, 5) is 13.6. The van der Waals surface area contributed by atoms with Gasteiger partial charge in [0.05, 0.1) is 10.9 Å². The molecule has 0 aliphatic heterocycles. The maximum absolute atomic E-state index is 13.6. The first-order valence-corrected chi connectivity index (χ1v) is 12.0. The summed E-state index contributed by atoms with van der Waals surface area (Å²) in [7, 11) is -4.34. The lowest BCUT2D eigenvalue weighted by molar-refractivity contribution is -0.617. The normalized spacial score (nSPS) is 12.3. The summed E-state index contributed by atoms with van der Waals surface area (Å²) in [5.41, 5.74) is -4.14. The van der Waals surface area contributed by atoms with Gasteiger partial charge in [0, 0.05) is 12.1 Å². The highest BCUT2D eigenvalue weighted by Gasteiger charge is 2.49. The maximum Gasteiger partial charge on any atom is 0.534 e. The second kappa shape index (κ2) is 8.84. The molecule has 35 heavy (non-hydrogen) atoms. The van der Waals surface area contributed by atoms with E-state index in [0.717, 1.165) is 11.6 Å². The lowest BCUT2D eigenvalue weighted by atomic mass is 10.0. The van der Waals surface area contributed by atoms with Crippen LogP contribution in [0.1, 0.15) is 35.7 Å². The van der Waals surface area contributed by atoms with Gasteiger partial charge in [-0.05, 0) is 29.7 Å². The molecule has 0 saturated carbocycles. The van der Waals surface area contributed by atoms with Crippen molar-refractivity contribution in [3.05, 3.63) is 77.9 Å². The summed E-state index contributed by atoms with van der Waals surface area (Å²) in [6.07, 6.45) is 0. The third-order valence-electron chi connectivity index (χ3n) is 5.58. The minimum atomic E-state index is -5.99. The molecule has 182 valence electrons. The molecule has 0 fully saturated rings. The SMILES string of the molecule is CC(C)c1ccccc1OC(=O)c1c2ccccc2[n+](C)c2cccc(OS(=O)(=O)C(F)(F)F)c12. The monoisotopic (exact) mass is 504 g/mol. The van der Waals surface area contributed by atoms with Crippen LogP contribution in [-0.4, -0.2) is 19.9 Å².